The minimum absolute atomic E-state index is 0.0203. The quantitative estimate of drug-likeness (QED) is 0.655. The summed E-state index contributed by atoms with van der Waals surface area (Å²) in [5.74, 6) is -1.63. The molecule has 86 valence electrons. The second-order valence-electron chi connectivity index (χ2n) is 3.64. The summed E-state index contributed by atoms with van der Waals surface area (Å²) >= 11 is 0. The Morgan fingerprint density at radius 2 is 2.31 bits per heavy atom. The van der Waals surface area contributed by atoms with Crippen LogP contribution in [0.4, 0.5) is 11.9 Å². The Bertz CT molecular complexity index is 435. The summed E-state index contributed by atoms with van der Waals surface area (Å²) in [6, 6.07) is 0. The maximum atomic E-state index is 11.5. The minimum Gasteiger partial charge on any atom is -0.481 e. The molecule has 8 heteroatoms. The summed E-state index contributed by atoms with van der Waals surface area (Å²) in [6.07, 6.45) is -0.0203. The van der Waals surface area contributed by atoms with E-state index in [9.17, 15) is 9.59 Å². The first-order valence-corrected chi connectivity index (χ1v) is 4.68. The van der Waals surface area contributed by atoms with Crippen molar-refractivity contribution < 1.29 is 14.7 Å². The van der Waals surface area contributed by atoms with E-state index < -0.39 is 11.9 Å². The molecule has 2 heterocycles. The first-order valence-electron chi connectivity index (χ1n) is 4.68. The molecule has 1 aromatic rings. The number of aliphatic carboxylic acids is 1. The summed E-state index contributed by atoms with van der Waals surface area (Å²) in [6.45, 7) is 0.0949. The highest BCUT2D eigenvalue weighted by atomic mass is 16.4. The van der Waals surface area contributed by atoms with Gasteiger partial charge in [-0.3, -0.25) is 14.5 Å². The Balaban J connectivity index is 2.23. The summed E-state index contributed by atoms with van der Waals surface area (Å²) in [5, 5.41) is 12.7. The number of nitrogen functional groups attached to an aromatic ring is 1. The Hall–Kier alpha value is -2.12. The molecule has 1 aliphatic rings. The van der Waals surface area contributed by atoms with E-state index in [1.165, 1.54) is 9.58 Å². The summed E-state index contributed by atoms with van der Waals surface area (Å²) in [5.41, 5.74) is 5.48. The average molecular weight is 225 g/mol. The third-order valence-corrected chi connectivity index (χ3v) is 2.50. The zero-order valence-electron chi connectivity index (χ0n) is 8.62. The molecule has 0 bridgehead atoms. The Labute approximate surface area is 90.7 Å². The summed E-state index contributed by atoms with van der Waals surface area (Å²) in [7, 11) is 1.60. The van der Waals surface area contributed by atoms with Gasteiger partial charge in [-0.15, -0.1) is 5.10 Å². The van der Waals surface area contributed by atoms with Crippen LogP contribution in [-0.4, -0.2) is 38.3 Å². The first kappa shape index (κ1) is 10.4. The molecule has 8 nitrogen and oxygen atoms in total. The van der Waals surface area contributed by atoms with Crippen LogP contribution in [0.5, 0.6) is 0 Å². The van der Waals surface area contributed by atoms with Gasteiger partial charge in [0, 0.05) is 20.0 Å². The Kier molecular flexibility index (Phi) is 2.26. The number of carbonyl (C=O) groups excluding carboxylic acids is 1. The number of aryl methyl sites for hydroxylation is 1. The number of anilines is 2. The SMILES string of the molecule is Cn1nc(N2CC(C(=O)O)CC2=O)nc1N. The lowest BCUT2D eigenvalue weighted by atomic mass is 10.1. The summed E-state index contributed by atoms with van der Waals surface area (Å²) in [4.78, 5) is 27.4. The van der Waals surface area contributed by atoms with Gasteiger partial charge in [-0.25, -0.2) is 4.68 Å². The van der Waals surface area contributed by atoms with E-state index >= 15 is 0 Å². The predicted octanol–water partition coefficient (Wildman–Crippen LogP) is -1.17. The molecule has 1 amide bonds. The molecule has 1 unspecified atom stereocenters. The number of rotatable bonds is 2. The number of nitrogens with two attached hydrogens (primary N) is 1. The van der Waals surface area contributed by atoms with Crippen LogP contribution in [0.25, 0.3) is 0 Å². The highest BCUT2D eigenvalue weighted by Gasteiger charge is 2.36. The molecule has 0 aliphatic carbocycles. The number of carboxylic acid groups (broad SMARTS) is 1. The van der Waals surface area contributed by atoms with Crippen molar-refractivity contribution in [3.63, 3.8) is 0 Å². The second kappa shape index (κ2) is 3.47. The molecule has 16 heavy (non-hydrogen) atoms. The number of nitrogens with zero attached hydrogens (tertiary/aromatic N) is 4. The zero-order valence-corrected chi connectivity index (χ0v) is 8.62. The van der Waals surface area contributed by atoms with Crippen molar-refractivity contribution in [3.8, 4) is 0 Å². The van der Waals surface area contributed by atoms with Crippen molar-refractivity contribution >= 4 is 23.8 Å². The highest BCUT2D eigenvalue weighted by Crippen LogP contribution is 2.22. The van der Waals surface area contributed by atoms with E-state index in [1.54, 1.807) is 7.05 Å². The largest absolute Gasteiger partial charge is 0.481 e. The Morgan fingerprint density at radius 3 is 2.75 bits per heavy atom. The molecule has 1 atom stereocenters. The normalized spacial score (nSPS) is 20.4. The zero-order chi connectivity index (χ0) is 11.9. The van der Waals surface area contributed by atoms with Crippen LogP contribution in [0.2, 0.25) is 0 Å². The molecular weight excluding hydrogens is 214 g/mol. The van der Waals surface area contributed by atoms with Gasteiger partial charge in [0.1, 0.15) is 0 Å². The van der Waals surface area contributed by atoms with Crippen LogP contribution in [-0.2, 0) is 16.6 Å². The number of amides is 1. The third-order valence-electron chi connectivity index (χ3n) is 2.50. The van der Waals surface area contributed by atoms with Gasteiger partial charge >= 0.3 is 5.97 Å². The molecular formula is C8H11N5O3. The van der Waals surface area contributed by atoms with Crippen LogP contribution in [0, 0.1) is 5.92 Å². The topological polar surface area (TPSA) is 114 Å². The van der Waals surface area contributed by atoms with E-state index in [0.29, 0.717) is 0 Å². The lowest BCUT2D eigenvalue weighted by Gasteiger charge is -2.09. The number of carboxylic acids is 1. The number of carbonyl (C=O) groups is 2. The van der Waals surface area contributed by atoms with Gasteiger partial charge in [0.05, 0.1) is 5.92 Å². The van der Waals surface area contributed by atoms with Crippen LogP contribution in [0.3, 0.4) is 0 Å². The molecule has 0 saturated carbocycles. The smallest absolute Gasteiger partial charge is 0.308 e. The maximum absolute atomic E-state index is 11.5. The van der Waals surface area contributed by atoms with Crippen molar-refractivity contribution in [2.24, 2.45) is 13.0 Å². The number of hydrogen-bond acceptors (Lipinski definition) is 5. The van der Waals surface area contributed by atoms with E-state index in [2.05, 4.69) is 10.1 Å². The Morgan fingerprint density at radius 1 is 1.62 bits per heavy atom. The van der Waals surface area contributed by atoms with Crippen molar-refractivity contribution in [3.05, 3.63) is 0 Å². The van der Waals surface area contributed by atoms with Crippen molar-refractivity contribution in [2.75, 3.05) is 17.2 Å². The van der Waals surface area contributed by atoms with Gasteiger partial charge in [0.15, 0.2) is 0 Å². The van der Waals surface area contributed by atoms with Crippen LogP contribution < -0.4 is 10.6 Å². The molecule has 1 aliphatic heterocycles. The first-order chi connectivity index (χ1) is 7.49. The van der Waals surface area contributed by atoms with Gasteiger partial charge in [-0.2, -0.15) is 4.98 Å². The van der Waals surface area contributed by atoms with E-state index in [1.807, 2.05) is 0 Å². The fourth-order valence-corrected chi connectivity index (χ4v) is 1.56. The number of hydrogen-bond donors (Lipinski definition) is 2. The molecule has 0 radical (unpaired) electrons. The molecule has 1 saturated heterocycles. The van der Waals surface area contributed by atoms with Gasteiger partial charge in [-0.05, 0) is 0 Å². The third kappa shape index (κ3) is 1.58. The van der Waals surface area contributed by atoms with E-state index in [4.69, 9.17) is 10.8 Å². The minimum atomic E-state index is -0.986. The maximum Gasteiger partial charge on any atom is 0.308 e. The molecule has 1 aromatic heterocycles. The summed E-state index contributed by atoms with van der Waals surface area (Å²) < 4.78 is 1.33. The van der Waals surface area contributed by atoms with Gasteiger partial charge < -0.3 is 10.8 Å². The van der Waals surface area contributed by atoms with Gasteiger partial charge in [0.25, 0.3) is 5.95 Å². The fourth-order valence-electron chi connectivity index (χ4n) is 1.56. The van der Waals surface area contributed by atoms with Crippen molar-refractivity contribution in [1.82, 2.24) is 14.8 Å². The standard InChI is InChI=1S/C8H11N5O3/c1-12-7(9)10-8(11-12)13-3-4(6(15)16)2-5(13)14/h4H,2-3H2,1H3,(H,15,16)(H2,9,10,11). The predicted molar refractivity (Wildman–Crippen MR) is 53.5 cm³/mol. The molecule has 0 spiro atoms. The van der Waals surface area contributed by atoms with Crippen LogP contribution >= 0.6 is 0 Å². The van der Waals surface area contributed by atoms with Crippen LogP contribution in [0.15, 0.2) is 0 Å². The van der Waals surface area contributed by atoms with Crippen molar-refractivity contribution in [1.29, 1.82) is 0 Å². The van der Waals surface area contributed by atoms with E-state index in [0.717, 1.165) is 0 Å². The number of aromatic nitrogens is 3. The fraction of sp³-hybridized carbons (Fsp3) is 0.500. The molecule has 0 aromatic carbocycles. The highest BCUT2D eigenvalue weighted by molar-refractivity contribution is 5.97. The lowest BCUT2D eigenvalue weighted by Crippen LogP contribution is -2.27. The monoisotopic (exact) mass is 225 g/mol. The van der Waals surface area contributed by atoms with Crippen LogP contribution in [0.1, 0.15) is 6.42 Å². The lowest BCUT2D eigenvalue weighted by molar-refractivity contribution is -0.141. The van der Waals surface area contributed by atoms with Crippen molar-refractivity contribution in [2.45, 2.75) is 6.42 Å². The van der Waals surface area contributed by atoms with Gasteiger partial charge in [-0.1, -0.05) is 0 Å². The van der Waals surface area contributed by atoms with Gasteiger partial charge in [0.2, 0.25) is 11.9 Å². The average Bonchev–Trinajstić information content (AvgIpc) is 2.72. The second-order valence-corrected chi connectivity index (χ2v) is 3.64. The molecule has 3 N–H and O–H groups in total. The molecule has 2 rings (SSSR count). The molecule has 1 fully saturated rings. The van der Waals surface area contributed by atoms with E-state index in [-0.39, 0.29) is 30.8 Å².